The third-order valence-electron chi connectivity index (χ3n) is 3.25. The maximum atomic E-state index is 11.1. The molecule has 0 aromatic heterocycles. The first kappa shape index (κ1) is 11.2. The van der Waals surface area contributed by atoms with Gasteiger partial charge in [0.1, 0.15) is 6.10 Å². The Kier molecular flexibility index (Phi) is 3.60. The molecule has 1 saturated carbocycles. The maximum Gasteiger partial charge on any atom is 0.302 e. The number of hydrogen-bond acceptors (Lipinski definition) is 2. The Morgan fingerprint density at radius 1 is 1.19 bits per heavy atom. The molecule has 1 aromatic carbocycles. The van der Waals surface area contributed by atoms with Crippen molar-refractivity contribution >= 4 is 5.97 Å². The van der Waals surface area contributed by atoms with Crippen LogP contribution in [0, 0.1) is 0 Å². The van der Waals surface area contributed by atoms with Crippen molar-refractivity contribution in [3.8, 4) is 0 Å². The van der Waals surface area contributed by atoms with Gasteiger partial charge in [-0.2, -0.15) is 0 Å². The molecule has 2 heteroatoms. The minimum atomic E-state index is -0.159. The molecule has 0 aliphatic heterocycles. The normalized spacial score (nSPS) is 25.1. The van der Waals surface area contributed by atoms with E-state index in [1.54, 1.807) is 0 Å². The number of carbonyl (C=O) groups excluding carboxylic acids is 1. The second kappa shape index (κ2) is 5.15. The molecule has 16 heavy (non-hydrogen) atoms. The Bertz CT molecular complexity index is 345. The monoisotopic (exact) mass is 218 g/mol. The Labute approximate surface area is 96.6 Å². The molecule has 2 rings (SSSR count). The van der Waals surface area contributed by atoms with Gasteiger partial charge < -0.3 is 4.74 Å². The van der Waals surface area contributed by atoms with E-state index in [0.717, 1.165) is 12.8 Å². The van der Waals surface area contributed by atoms with Crippen LogP contribution in [0.1, 0.15) is 44.1 Å². The molecule has 86 valence electrons. The van der Waals surface area contributed by atoms with Crippen LogP contribution in [0.5, 0.6) is 0 Å². The van der Waals surface area contributed by atoms with Gasteiger partial charge >= 0.3 is 5.97 Å². The molecule has 2 atom stereocenters. The van der Waals surface area contributed by atoms with Crippen molar-refractivity contribution in [3.63, 3.8) is 0 Å². The lowest BCUT2D eigenvalue weighted by atomic mass is 9.81. The molecule has 1 unspecified atom stereocenters. The first-order chi connectivity index (χ1) is 7.77. The SMILES string of the molecule is CC(=O)O[C@H]1CCCCC1c1ccccc1. The Morgan fingerprint density at radius 2 is 1.88 bits per heavy atom. The number of esters is 1. The van der Waals surface area contributed by atoms with Crippen LogP contribution in [0.2, 0.25) is 0 Å². The summed E-state index contributed by atoms with van der Waals surface area (Å²) in [5.74, 6) is 0.228. The molecule has 0 bridgehead atoms. The summed E-state index contributed by atoms with van der Waals surface area (Å²) in [4.78, 5) is 11.1. The summed E-state index contributed by atoms with van der Waals surface area (Å²) < 4.78 is 5.42. The molecule has 0 saturated heterocycles. The summed E-state index contributed by atoms with van der Waals surface area (Å²) in [7, 11) is 0. The molecule has 0 spiro atoms. The molecule has 1 aromatic rings. The zero-order valence-electron chi connectivity index (χ0n) is 9.69. The quantitative estimate of drug-likeness (QED) is 0.712. The lowest BCUT2D eigenvalue weighted by molar-refractivity contribution is -0.148. The summed E-state index contributed by atoms with van der Waals surface area (Å²) in [6.07, 6.45) is 4.60. The Balaban J connectivity index is 2.13. The van der Waals surface area contributed by atoms with E-state index >= 15 is 0 Å². The zero-order chi connectivity index (χ0) is 11.4. The topological polar surface area (TPSA) is 26.3 Å². The van der Waals surface area contributed by atoms with E-state index in [4.69, 9.17) is 4.74 Å². The number of carbonyl (C=O) groups is 1. The van der Waals surface area contributed by atoms with Gasteiger partial charge in [0.25, 0.3) is 0 Å². The van der Waals surface area contributed by atoms with Gasteiger partial charge in [-0.15, -0.1) is 0 Å². The van der Waals surface area contributed by atoms with Crippen LogP contribution in [0.4, 0.5) is 0 Å². The molecular weight excluding hydrogens is 200 g/mol. The molecule has 2 nitrogen and oxygen atoms in total. The lowest BCUT2D eigenvalue weighted by Crippen LogP contribution is -2.27. The smallest absolute Gasteiger partial charge is 0.302 e. The van der Waals surface area contributed by atoms with E-state index in [0.29, 0.717) is 5.92 Å². The zero-order valence-corrected chi connectivity index (χ0v) is 9.69. The molecule has 1 aliphatic carbocycles. The van der Waals surface area contributed by atoms with Crippen LogP contribution >= 0.6 is 0 Å². The predicted molar refractivity (Wildman–Crippen MR) is 63.2 cm³/mol. The Hall–Kier alpha value is -1.31. The fraction of sp³-hybridized carbons (Fsp3) is 0.500. The van der Waals surface area contributed by atoms with Gasteiger partial charge in [-0.3, -0.25) is 4.79 Å². The average Bonchev–Trinajstić information content (AvgIpc) is 2.30. The van der Waals surface area contributed by atoms with Crippen molar-refractivity contribution < 1.29 is 9.53 Å². The highest BCUT2D eigenvalue weighted by atomic mass is 16.5. The predicted octanol–water partition coefficient (Wildman–Crippen LogP) is 3.28. The van der Waals surface area contributed by atoms with Crippen molar-refractivity contribution in [1.82, 2.24) is 0 Å². The summed E-state index contributed by atoms with van der Waals surface area (Å²) in [5, 5.41) is 0. The maximum absolute atomic E-state index is 11.1. The van der Waals surface area contributed by atoms with E-state index in [1.807, 2.05) is 6.07 Å². The number of benzene rings is 1. The van der Waals surface area contributed by atoms with Crippen LogP contribution in [0.25, 0.3) is 0 Å². The highest BCUT2D eigenvalue weighted by Crippen LogP contribution is 2.34. The van der Waals surface area contributed by atoms with Gasteiger partial charge in [0, 0.05) is 12.8 Å². The van der Waals surface area contributed by atoms with E-state index in [1.165, 1.54) is 25.3 Å². The van der Waals surface area contributed by atoms with Crippen molar-refractivity contribution in [3.05, 3.63) is 35.9 Å². The summed E-state index contributed by atoms with van der Waals surface area (Å²) in [5.41, 5.74) is 1.30. The lowest BCUT2D eigenvalue weighted by Gasteiger charge is -2.31. The van der Waals surface area contributed by atoms with E-state index < -0.39 is 0 Å². The van der Waals surface area contributed by atoms with Gasteiger partial charge in [0.15, 0.2) is 0 Å². The third-order valence-corrected chi connectivity index (χ3v) is 3.25. The first-order valence-corrected chi connectivity index (χ1v) is 5.99. The minimum absolute atomic E-state index is 0.0775. The van der Waals surface area contributed by atoms with E-state index in [2.05, 4.69) is 24.3 Å². The Morgan fingerprint density at radius 3 is 2.56 bits per heavy atom. The van der Waals surface area contributed by atoms with Crippen LogP contribution in [0.3, 0.4) is 0 Å². The molecular formula is C14H18O2. The molecule has 1 fully saturated rings. The van der Waals surface area contributed by atoms with Crippen molar-refractivity contribution in [2.45, 2.75) is 44.6 Å². The van der Waals surface area contributed by atoms with Crippen LogP contribution < -0.4 is 0 Å². The first-order valence-electron chi connectivity index (χ1n) is 5.99. The van der Waals surface area contributed by atoms with Gasteiger partial charge in [-0.25, -0.2) is 0 Å². The fourth-order valence-corrected chi connectivity index (χ4v) is 2.53. The highest BCUT2D eigenvalue weighted by molar-refractivity contribution is 5.66. The fourth-order valence-electron chi connectivity index (χ4n) is 2.53. The summed E-state index contributed by atoms with van der Waals surface area (Å²) >= 11 is 0. The van der Waals surface area contributed by atoms with Crippen molar-refractivity contribution in [1.29, 1.82) is 0 Å². The largest absolute Gasteiger partial charge is 0.462 e. The average molecular weight is 218 g/mol. The second-order valence-corrected chi connectivity index (χ2v) is 4.45. The summed E-state index contributed by atoms with van der Waals surface area (Å²) in [6.45, 7) is 1.50. The highest BCUT2D eigenvalue weighted by Gasteiger charge is 2.28. The van der Waals surface area contributed by atoms with Gasteiger partial charge in [-0.05, 0) is 24.8 Å². The number of hydrogen-bond donors (Lipinski definition) is 0. The van der Waals surface area contributed by atoms with Gasteiger partial charge in [-0.1, -0.05) is 36.8 Å². The molecule has 0 radical (unpaired) electrons. The van der Waals surface area contributed by atoms with Crippen LogP contribution in [-0.4, -0.2) is 12.1 Å². The second-order valence-electron chi connectivity index (χ2n) is 4.45. The minimum Gasteiger partial charge on any atom is -0.462 e. The number of rotatable bonds is 2. The summed E-state index contributed by atoms with van der Waals surface area (Å²) in [6, 6.07) is 10.4. The van der Waals surface area contributed by atoms with Gasteiger partial charge in [0.05, 0.1) is 0 Å². The molecule has 0 heterocycles. The van der Waals surface area contributed by atoms with E-state index in [9.17, 15) is 4.79 Å². The molecule has 0 amide bonds. The van der Waals surface area contributed by atoms with Crippen LogP contribution in [-0.2, 0) is 9.53 Å². The van der Waals surface area contributed by atoms with Gasteiger partial charge in [0.2, 0.25) is 0 Å². The molecule has 1 aliphatic rings. The van der Waals surface area contributed by atoms with Crippen molar-refractivity contribution in [2.75, 3.05) is 0 Å². The standard InChI is InChI=1S/C14H18O2/c1-11(15)16-14-10-6-5-9-13(14)12-7-3-2-4-8-12/h2-4,7-8,13-14H,5-6,9-10H2,1H3/t13?,14-/m0/s1. The molecule has 0 N–H and O–H groups in total. The van der Waals surface area contributed by atoms with Crippen LogP contribution in [0.15, 0.2) is 30.3 Å². The van der Waals surface area contributed by atoms with Crippen molar-refractivity contribution in [2.24, 2.45) is 0 Å². The number of ether oxygens (including phenoxy) is 1. The van der Waals surface area contributed by atoms with E-state index in [-0.39, 0.29) is 12.1 Å². The third kappa shape index (κ3) is 2.63.